The summed E-state index contributed by atoms with van der Waals surface area (Å²) in [7, 11) is 0. The molecule has 0 fully saturated rings. The zero-order valence-electron chi connectivity index (χ0n) is 8.24. The van der Waals surface area contributed by atoms with Gasteiger partial charge in [-0.05, 0) is 30.7 Å². The molecule has 0 saturated heterocycles. The molecular formula is C11H10ClFN2. The quantitative estimate of drug-likeness (QED) is 0.766. The first-order chi connectivity index (χ1) is 7.20. The molecule has 4 heteroatoms. The Morgan fingerprint density at radius 2 is 2.20 bits per heavy atom. The van der Waals surface area contributed by atoms with E-state index in [2.05, 4.69) is 5.10 Å². The summed E-state index contributed by atoms with van der Waals surface area (Å²) < 4.78 is 14.5. The molecule has 0 bridgehead atoms. The Kier molecular flexibility index (Phi) is 2.73. The highest BCUT2D eigenvalue weighted by Crippen LogP contribution is 2.18. The van der Waals surface area contributed by atoms with E-state index in [0.717, 1.165) is 12.1 Å². The van der Waals surface area contributed by atoms with E-state index in [0.29, 0.717) is 10.8 Å². The Morgan fingerprint density at radius 3 is 2.80 bits per heavy atom. The molecule has 0 aliphatic heterocycles. The van der Waals surface area contributed by atoms with E-state index >= 15 is 0 Å². The molecule has 2 aromatic rings. The monoisotopic (exact) mass is 224 g/mol. The van der Waals surface area contributed by atoms with E-state index in [1.807, 2.05) is 6.92 Å². The molecule has 78 valence electrons. The van der Waals surface area contributed by atoms with Gasteiger partial charge in [0.1, 0.15) is 11.0 Å². The van der Waals surface area contributed by atoms with Crippen LogP contribution in [0.15, 0.2) is 30.3 Å². The largest absolute Gasteiger partial charge is 0.222 e. The first-order valence-electron chi connectivity index (χ1n) is 4.71. The van der Waals surface area contributed by atoms with E-state index in [1.54, 1.807) is 18.2 Å². The maximum Gasteiger partial charge on any atom is 0.133 e. The number of nitrogens with zero attached hydrogens (tertiary/aromatic N) is 2. The van der Waals surface area contributed by atoms with Crippen LogP contribution in [0.4, 0.5) is 4.39 Å². The summed E-state index contributed by atoms with van der Waals surface area (Å²) in [6.45, 7) is 1.99. The molecule has 0 atom stereocenters. The van der Waals surface area contributed by atoms with Gasteiger partial charge in [-0.25, -0.2) is 9.07 Å². The summed E-state index contributed by atoms with van der Waals surface area (Å²) in [6, 6.07) is 7.97. The Bertz CT molecular complexity index is 479. The lowest BCUT2D eigenvalue weighted by atomic mass is 10.3. The van der Waals surface area contributed by atoms with Crippen molar-refractivity contribution in [1.29, 1.82) is 0 Å². The fourth-order valence-electron chi connectivity index (χ4n) is 1.37. The van der Waals surface area contributed by atoms with Crippen LogP contribution in [-0.4, -0.2) is 9.78 Å². The smallest absolute Gasteiger partial charge is 0.133 e. The molecule has 15 heavy (non-hydrogen) atoms. The lowest BCUT2D eigenvalue weighted by Gasteiger charge is -2.02. The Balaban J connectivity index is 2.48. The van der Waals surface area contributed by atoms with Gasteiger partial charge in [0, 0.05) is 0 Å². The van der Waals surface area contributed by atoms with Gasteiger partial charge in [0.05, 0.1) is 11.4 Å². The summed E-state index contributed by atoms with van der Waals surface area (Å²) >= 11 is 5.99. The zero-order chi connectivity index (χ0) is 10.8. The maximum absolute atomic E-state index is 13.0. The molecule has 2 nitrogen and oxygen atoms in total. The normalized spacial score (nSPS) is 10.6. The third kappa shape index (κ3) is 2.02. The number of benzene rings is 1. The van der Waals surface area contributed by atoms with Gasteiger partial charge < -0.3 is 0 Å². The van der Waals surface area contributed by atoms with Gasteiger partial charge in [0.25, 0.3) is 0 Å². The number of hydrogen-bond acceptors (Lipinski definition) is 1. The van der Waals surface area contributed by atoms with Crippen molar-refractivity contribution in [2.75, 3.05) is 0 Å². The second-order valence-corrected chi connectivity index (χ2v) is 3.59. The molecule has 0 radical (unpaired) electrons. The average Bonchev–Trinajstić information content (AvgIpc) is 2.60. The molecule has 0 N–H and O–H groups in total. The standard InChI is InChI=1S/C11H10ClFN2/c1-2-9-7-11(12)15(14-9)10-5-3-4-8(13)6-10/h3-7H,2H2,1H3. The van der Waals surface area contributed by atoms with Crippen molar-refractivity contribution in [2.24, 2.45) is 0 Å². The summed E-state index contributed by atoms with van der Waals surface area (Å²) in [5.74, 6) is -0.294. The topological polar surface area (TPSA) is 17.8 Å². The molecule has 0 unspecified atom stereocenters. The molecule has 0 saturated carbocycles. The van der Waals surface area contributed by atoms with Crippen molar-refractivity contribution < 1.29 is 4.39 Å². The number of hydrogen-bond donors (Lipinski definition) is 0. The summed E-state index contributed by atoms with van der Waals surface area (Å²) in [6.07, 6.45) is 0.808. The number of halogens is 2. The van der Waals surface area contributed by atoms with E-state index in [9.17, 15) is 4.39 Å². The van der Waals surface area contributed by atoms with Gasteiger partial charge in [-0.15, -0.1) is 0 Å². The van der Waals surface area contributed by atoms with E-state index < -0.39 is 0 Å². The molecule has 0 aliphatic carbocycles. The van der Waals surface area contributed by atoms with Crippen LogP contribution in [0.25, 0.3) is 5.69 Å². The summed E-state index contributed by atoms with van der Waals surface area (Å²) in [5.41, 5.74) is 1.53. The van der Waals surface area contributed by atoms with Crippen LogP contribution >= 0.6 is 11.6 Å². The van der Waals surface area contributed by atoms with Gasteiger partial charge in [0.15, 0.2) is 0 Å². The predicted octanol–water partition coefficient (Wildman–Crippen LogP) is 3.23. The maximum atomic E-state index is 13.0. The van der Waals surface area contributed by atoms with Crippen LogP contribution in [-0.2, 0) is 6.42 Å². The van der Waals surface area contributed by atoms with Crippen molar-refractivity contribution in [1.82, 2.24) is 9.78 Å². The van der Waals surface area contributed by atoms with E-state index in [1.165, 1.54) is 16.8 Å². The fourth-order valence-corrected chi connectivity index (χ4v) is 1.63. The molecule has 0 spiro atoms. The molecular weight excluding hydrogens is 215 g/mol. The minimum atomic E-state index is -0.294. The van der Waals surface area contributed by atoms with Crippen LogP contribution in [0.5, 0.6) is 0 Å². The molecule has 0 amide bonds. The molecule has 2 rings (SSSR count). The second-order valence-electron chi connectivity index (χ2n) is 3.20. The highest BCUT2D eigenvalue weighted by Gasteiger charge is 2.06. The van der Waals surface area contributed by atoms with Crippen molar-refractivity contribution >= 4 is 11.6 Å². The second kappa shape index (κ2) is 4.03. The number of rotatable bonds is 2. The van der Waals surface area contributed by atoms with Crippen molar-refractivity contribution in [2.45, 2.75) is 13.3 Å². The molecule has 1 heterocycles. The van der Waals surface area contributed by atoms with Crippen molar-refractivity contribution in [3.63, 3.8) is 0 Å². The third-order valence-corrected chi connectivity index (χ3v) is 2.40. The Labute approximate surface area is 92.3 Å². The van der Waals surface area contributed by atoms with Gasteiger partial charge in [-0.3, -0.25) is 0 Å². The van der Waals surface area contributed by atoms with Crippen molar-refractivity contribution in [3.05, 3.63) is 47.0 Å². The molecule has 1 aromatic heterocycles. The minimum Gasteiger partial charge on any atom is -0.222 e. The lowest BCUT2D eigenvalue weighted by molar-refractivity contribution is 0.625. The minimum absolute atomic E-state index is 0.294. The van der Waals surface area contributed by atoms with Gasteiger partial charge in [-0.2, -0.15) is 5.10 Å². The van der Waals surface area contributed by atoms with Crippen LogP contribution in [0.1, 0.15) is 12.6 Å². The molecule has 0 aliphatic rings. The summed E-state index contributed by atoms with van der Waals surface area (Å²) in [5, 5.41) is 4.76. The number of aryl methyl sites for hydroxylation is 1. The SMILES string of the molecule is CCc1cc(Cl)n(-c2cccc(F)c2)n1. The van der Waals surface area contributed by atoms with Crippen LogP contribution in [0.3, 0.4) is 0 Å². The van der Waals surface area contributed by atoms with Gasteiger partial charge in [-0.1, -0.05) is 24.6 Å². The fraction of sp³-hybridized carbons (Fsp3) is 0.182. The van der Waals surface area contributed by atoms with Crippen LogP contribution < -0.4 is 0 Å². The van der Waals surface area contributed by atoms with Crippen LogP contribution in [0, 0.1) is 5.82 Å². The van der Waals surface area contributed by atoms with Crippen LogP contribution in [0.2, 0.25) is 5.15 Å². The third-order valence-electron chi connectivity index (χ3n) is 2.13. The van der Waals surface area contributed by atoms with E-state index in [4.69, 9.17) is 11.6 Å². The average molecular weight is 225 g/mol. The zero-order valence-corrected chi connectivity index (χ0v) is 9.00. The van der Waals surface area contributed by atoms with Crippen molar-refractivity contribution in [3.8, 4) is 5.69 Å². The Morgan fingerprint density at radius 1 is 1.40 bits per heavy atom. The lowest BCUT2D eigenvalue weighted by Crippen LogP contribution is -1.97. The van der Waals surface area contributed by atoms with Gasteiger partial charge >= 0.3 is 0 Å². The highest BCUT2D eigenvalue weighted by atomic mass is 35.5. The highest BCUT2D eigenvalue weighted by molar-refractivity contribution is 6.29. The van der Waals surface area contributed by atoms with Gasteiger partial charge in [0.2, 0.25) is 0 Å². The number of aromatic nitrogens is 2. The molecule has 1 aromatic carbocycles. The first-order valence-corrected chi connectivity index (χ1v) is 5.09. The summed E-state index contributed by atoms with van der Waals surface area (Å²) in [4.78, 5) is 0. The Hall–Kier alpha value is -1.35. The predicted molar refractivity (Wildman–Crippen MR) is 57.9 cm³/mol. The van der Waals surface area contributed by atoms with E-state index in [-0.39, 0.29) is 5.82 Å². The first kappa shape index (κ1) is 10.2.